The van der Waals surface area contributed by atoms with Crippen molar-refractivity contribution in [3.63, 3.8) is 0 Å². The number of piperidine rings is 3. The molecular weight excluding hydrogens is 1670 g/mol. The summed E-state index contributed by atoms with van der Waals surface area (Å²) in [6.07, 6.45) is 26.6. The first kappa shape index (κ1) is 86.5. The van der Waals surface area contributed by atoms with E-state index >= 15 is 0 Å². The molecule has 8 aromatic rings. The summed E-state index contributed by atoms with van der Waals surface area (Å²) in [6.45, 7) is 9.83. The fraction of sp³-hybridized carbons (Fsp3) is 0.425. The number of carbonyl (C=O) groups excluding carboxylic acids is 6. The van der Waals surface area contributed by atoms with Crippen LogP contribution in [0.5, 0.6) is 40.2 Å². The van der Waals surface area contributed by atoms with Gasteiger partial charge in [-0.3, -0.25) is 38.6 Å². The summed E-state index contributed by atoms with van der Waals surface area (Å²) in [7, 11) is 0. The van der Waals surface area contributed by atoms with Gasteiger partial charge in [-0.2, -0.15) is 0 Å². The second-order valence-electron chi connectivity index (χ2n) is 31.1. The van der Waals surface area contributed by atoms with Gasteiger partial charge in [-0.1, -0.05) is 88.5 Å². The molecule has 5 saturated heterocycles. The normalized spacial score (nSPS) is 22.2. The van der Waals surface area contributed by atoms with E-state index in [9.17, 15) is 63.9 Å². The van der Waals surface area contributed by atoms with Crippen LogP contribution < -0.4 is 52.6 Å². The minimum atomic E-state index is -1.02. The number of likely N-dealkylation sites (tertiary alicyclic amines) is 3. The van der Waals surface area contributed by atoms with E-state index in [2.05, 4.69) is 52.7 Å². The number of fused-ring (bicyclic) bond motifs is 15. The molecule has 33 heteroatoms. The molecule has 0 unspecified atom stereocenters. The van der Waals surface area contributed by atoms with Crippen LogP contribution in [0.1, 0.15) is 166 Å². The van der Waals surface area contributed by atoms with E-state index in [1.165, 1.54) is 62.4 Å². The van der Waals surface area contributed by atoms with Crippen LogP contribution in [0.15, 0.2) is 119 Å². The molecule has 1 aliphatic carbocycles. The molecular formula is C87H93Cl6N9O18. The standard InChI is InChI=1S/2C17H21ClN2O3.3C12H10ClNO3.C11H18N2O.C6H3ClO2/c18-15-12(21)6-7-13-14(15)11-5-4-8-19-16(22)17(11,23-13)20-9-2-1-3-10-20;18-13-10-15-11(9-14(13)21)12-5-4-6-19-16(22)17(12,23-15)20-7-2-1-3-8-20;13-10-7(15)3-4-8-9(10)6-2-1-5-14-11(6)12(16)17-8;13-8-5-10-7(4-9(8)15)6-2-1-3-14-12(16)11(6)17-10;13-8-5-10-7(4-9(8)15)6-2-1-3-14-11(6)12(16)17-10;14-11-10(6-2-3-7-12-11)13-8-4-1-5-9-13;7-5-3-4(8)1-2-6(5)9/h6-7,11,21H,1-5,8-10H2,(H,19,22);9-10,12,21H,1-8H2,(H,19,22);3-4,14-15H,1-2,5H2;4-5,15H,1-3H2,(H,14,16);4-5,14-15H,1-3H2;6H,1-5,7-9H2,(H,12,14);1-3H/t11-,17+;12-,17+;;;;;/m00...../s1. The molecule has 0 spiro atoms. The number of phenols is 5. The lowest BCUT2D eigenvalue weighted by Crippen LogP contribution is -2.64. The van der Waals surface area contributed by atoms with Crippen molar-refractivity contribution in [2.24, 2.45) is 0 Å². The largest absolute Gasteiger partial charge is 0.506 e. The number of carbonyl (C=O) groups is 6. The van der Waals surface area contributed by atoms with Gasteiger partial charge in [0.1, 0.15) is 68.4 Å². The van der Waals surface area contributed by atoms with Gasteiger partial charge in [0.25, 0.3) is 23.6 Å². The first-order chi connectivity index (χ1) is 57.9. The number of anilines is 2. The van der Waals surface area contributed by atoms with Crippen LogP contribution in [0.4, 0.5) is 11.4 Å². The lowest BCUT2D eigenvalue weighted by molar-refractivity contribution is -0.159. The molecule has 11 aliphatic heterocycles. The molecule has 636 valence electrons. The van der Waals surface area contributed by atoms with Crippen molar-refractivity contribution in [1.29, 1.82) is 0 Å². The number of nitrogens with zero attached hydrogens (tertiary/aromatic N) is 3. The summed E-state index contributed by atoms with van der Waals surface area (Å²) in [5.74, 6) is 0.723. The Morgan fingerprint density at radius 2 is 0.917 bits per heavy atom. The second kappa shape index (κ2) is 38.1. The monoisotopic (exact) mass is 1760 g/mol. The summed E-state index contributed by atoms with van der Waals surface area (Å²) in [4.78, 5) is 100. The van der Waals surface area contributed by atoms with Gasteiger partial charge in [0.2, 0.25) is 11.4 Å². The number of ketones is 2. The number of rotatable bonds is 3. The van der Waals surface area contributed by atoms with Gasteiger partial charge in [0, 0.05) is 136 Å². The number of aromatic hydroxyl groups is 5. The van der Waals surface area contributed by atoms with E-state index in [4.69, 9.17) is 92.3 Å². The third kappa shape index (κ3) is 18.1. The Balaban J connectivity index is 0.000000116. The molecule has 0 radical (unpaired) electrons. The van der Waals surface area contributed by atoms with Gasteiger partial charge in [0.15, 0.2) is 17.3 Å². The SMILES string of the molecule is O=C1C=CC(=O)C(Cl)=C1.O=C1NCCCC=C1N1CCCCC1.O=C1NCCC[C@H]2c3c(ccc(O)c3Cl)O[C@@]12N1CCCCC1.O=C1NCCC[C@H]2c3cc(O)c(Cl)cc3O[C@@]12N1CCCCC1.O=C1NCCCc2c1oc1cc(Cl)c(O)cc21.O=c1oc2cc(Cl)c(O)cc2c2c1NCCC2.O=c1oc2ccc(O)c(Cl)c2c2c1NCCC2. The number of nitrogens with one attached hydrogen (secondary N) is 6. The predicted molar refractivity (Wildman–Crippen MR) is 458 cm³/mol. The van der Waals surface area contributed by atoms with Gasteiger partial charge in [-0.15, -0.1) is 0 Å². The first-order valence-electron chi connectivity index (χ1n) is 40.9. The second-order valence-corrected chi connectivity index (χ2v) is 33.4. The van der Waals surface area contributed by atoms with Crippen LogP contribution in [-0.2, 0) is 43.2 Å². The number of hydrogen-bond donors (Lipinski definition) is 11. The van der Waals surface area contributed by atoms with E-state index in [1.54, 1.807) is 36.4 Å². The van der Waals surface area contributed by atoms with Crippen LogP contribution in [0.25, 0.3) is 32.9 Å². The molecule has 11 N–H and O–H groups in total. The third-order valence-electron chi connectivity index (χ3n) is 23.4. The Kier molecular flexibility index (Phi) is 27.5. The zero-order valence-electron chi connectivity index (χ0n) is 65.7. The van der Waals surface area contributed by atoms with Crippen LogP contribution in [-0.4, -0.2) is 165 Å². The Morgan fingerprint density at radius 1 is 0.425 bits per heavy atom. The fourth-order valence-corrected chi connectivity index (χ4v) is 18.8. The van der Waals surface area contributed by atoms with E-state index in [0.29, 0.717) is 75.4 Å². The smallest absolute Gasteiger partial charge is 0.360 e. The van der Waals surface area contributed by atoms with Crippen LogP contribution in [0, 0.1) is 0 Å². The maximum absolute atomic E-state index is 13.0. The van der Waals surface area contributed by atoms with Crippen molar-refractivity contribution in [3.05, 3.63) is 175 Å². The van der Waals surface area contributed by atoms with Crippen molar-refractivity contribution >= 4 is 149 Å². The number of hydrogen-bond acceptors (Lipinski definition) is 23. The van der Waals surface area contributed by atoms with E-state index < -0.39 is 11.4 Å². The Labute approximate surface area is 720 Å². The van der Waals surface area contributed by atoms with Gasteiger partial charge < -0.3 is 85.1 Å². The van der Waals surface area contributed by atoms with Crippen LogP contribution in [0.3, 0.4) is 0 Å². The number of benzene rings is 5. The highest BCUT2D eigenvalue weighted by Gasteiger charge is 2.61. The topological polar surface area (TPSA) is 377 Å². The van der Waals surface area contributed by atoms with E-state index in [0.717, 1.165) is 218 Å². The lowest BCUT2D eigenvalue weighted by atomic mass is 9.84. The molecule has 0 saturated carbocycles. The number of phenolic OH excluding ortho intramolecular Hbond substituents is 5. The van der Waals surface area contributed by atoms with Crippen molar-refractivity contribution in [3.8, 4) is 40.2 Å². The highest BCUT2D eigenvalue weighted by Crippen LogP contribution is 2.56. The molecule has 4 amide bonds. The zero-order valence-corrected chi connectivity index (χ0v) is 70.3. The molecule has 12 aliphatic rings. The molecule has 3 aromatic heterocycles. The highest BCUT2D eigenvalue weighted by atomic mass is 35.5. The number of amides is 4. The van der Waals surface area contributed by atoms with Crippen molar-refractivity contribution in [2.45, 2.75) is 158 Å². The average Bonchev–Trinajstić information content (AvgIpc) is 1.56. The summed E-state index contributed by atoms with van der Waals surface area (Å²) < 4.78 is 28.4. The van der Waals surface area contributed by atoms with E-state index in [-0.39, 0.29) is 112 Å². The lowest BCUT2D eigenvalue weighted by Gasteiger charge is -2.43. The number of aryl methyl sites for hydroxylation is 3. The molecule has 5 fully saturated rings. The van der Waals surface area contributed by atoms with Gasteiger partial charge >= 0.3 is 11.3 Å². The Hall–Kier alpha value is -9.84. The van der Waals surface area contributed by atoms with Crippen molar-refractivity contribution in [2.75, 3.05) is 89.2 Å². The molecule has 5 aromatic carbocycles. The molecule has 27 nitrogen and oxygen atoms in total. The average molecular weight is 1770 g/mol. The maximum Gasteiger partial charge on any atom is 0.360 e. The number of furan rings is 1. The minimum Gasteiger partial charge on any atom is -0.506 e. The third-order valence-corrected chi connectivity index (χ3v) is 25.4. The first-order valence-corrected chi connectivity index (χ1v) is 43.1. The molecule has 0 bridgehead atoms. The maximum atomic E-state index is 13.0. The molecule has 120 heavy (non-hydrogen) atoms. The molecule has 4 atom stereocenters. The fourth-order valence-electron chi connectivity index (χ4n) is 17.6. The number of ether oxygens (including phenoxy) is 2. The van der Waals surface area contributed by atoms with Gasteiger partial charge in [-0.25, -0.2) is 9.59 Å². The summed E-state index contributed by atoms with van der Waals surface area (Å²) in [5, 5.41) is 70.0. The van der Waals surface area contributed by atoms with Crippen molar-refractivity contribution < 1.29 is 77.0 Å². The summed E-state index contributed by atoms with van der Waals surface area (Å²) >= 11 is 35.4. The highest BCUT2D eigenvalue weighted by molar-refractivity contribution is 6.47. The molecule has 20 rings (SSSR count). The summed E-state index contributed by atoms with van der Waals surface area (Å²) in [6, 6.07) is 15.7. The minimum absolute atomic E-state index is 0.000731. The predicted octanol–water partition coefficient (Wildman–Crippen LogP) is 14.8. The molecule has 14 heterocycles. The zero-order chi connectivity index (χ0) is 84.7. The van der Waals surface area contributed by atoms with Gasteiger partial charge in [0.05, 0.1) is 47.7 Å². The summed E-state index contributed by atoms with van der Waals surface area (Å²) in [5.41, 5.74) is 4.76. The van der Waals surface area contributed by atoms with E-state index in [1.807, 2.05) is 0 Å². The number of allylic oxidation sites excluding steroid dienone is 5. The van der Waals surface area contributed by atoms with Crippen LogP contribution in [0.2, 0.25) is 25.1 Å². The Bertz CT molecular complexity index is 5520. The number of halogens is 6. The van der Waals surface area contributed by atoms with Crippen LogP contribution >= 0.6 is 69.6 Å². The van der Waals surface area contributed by atoms with Crippen molar-refractivity contribution in [1.82, 2.24) is 36.0 Å². The Morgan fingerprint density at radius 3 is 1.54 bits per heavy atom. The quantitative estimate of drug-likeness (QED) is 0.0578. The van der Waals surface area contributed by atoms with Gasteiger partial charge in [-0.05, 0) is 188 Å².